The van der Waals surface area contributed by atoms with Crippen molar-refractivity contribution in [3.63, 3.8) is 0 Å². The van der Waals surface area contributed by atoms with Crippen molar-refractivity contribution >= 4 is 34.2 Å². The molecule has 0 aliphatic carbocycles. The Labute approximate surface area is 167 Å². The van der Waals surface area contributed by atoms with Gasteiger partial charge in [0.1, 0.15) is 11.7 Å². The second kappa shape index (κ2) is 8.06. The van der Waals surface area contributed by atoms with Crippen LogP contribution in [0.25, 0.3) is 11.0 Å². The average molecular weight is 395 g/mol. The third-order valence-electron chi connectivity index (χ3n) is 4.98. The van der Waals surface area contributed by atoms with Gasteiger partial charge in [-0.1, -0.05) is 25.5 Å². The Bertz CT molecular complexity index is 1020. The van der Waals surface area contributed by atoms with Crippen molar-refractivity contribution in [3.05, 3.63) is 58.0 Å². The van der Waals surface area contributed by atoms with E-state index in [1.807, 2.05) is 36.1 Å². The lowest BCUT2D eigenvalue weighted by molar-refractivity contribution is -0.134. The first-order valence-electron chi connectivity index (χ1n) is 9.52. The lowest BCUT2D eigenvalue weighted by Crippen LogP contribution is -2.49. The first-order chi connectivity index (χ1) is 13.7. The van der Waals surface area contributed by atoms with Crippen LogP contribution in [0, 0.1) is 0 Å². The largest absolute Gasteiger partial charge is 0.339 e. The second-order valence-electron chi connectivity index (χ2n) is 6.94. The normalized spacial score (nSPS) is 14.5. The minimum atomic E-state index is -0.550. The molecule has 6 nitrogen and oxygen atoms in total. The molecular weight excluding hydrogens is 372 g/mol. The van der Waals surface area contributed by atoms with Gasteiger partial charge in [0, 0.05) is 18.0 Å². The molecule has 1 N–H and O–H groups in total. The highest BCUT2D eigenvalue weighted by molar-refractivity contribution is 7.10. The van der Waals surface area contributed by atoms with Gasteiger partial charge in [-0.05, 0) is 42.0 Å². The summed E-state index contributed by atoms with van der Waals surface area (Å²) in [4.78, 5) is 37.7. The van der Waals surface area contributed by atoms with Crippen LogP contribution < -0.4 is 5.32 Å². The van der Waals surface area contributed by atoms with Crippen LogP contribution in [0.3, 0.4) is 0 Å². The summed E-state index contributed by atoms with van der Waals surface area (Å²) in [6.07, 6.45) is 3.74. The summed E-state index contributed by atoms with van der Waals surface area (Å²) in [5, 5.41) is 4.96. The highest BCUT2D eigenvalue weighted by atomic mass is 32.1. The minimum absolute atomic E-state index is 0.0270. The SMILES string of the molecule is CCCC(NC(=O)c1cnc2ccccc2n1)C(=O)N1CCc2sccc2C1. The van der Waals surface area contributed by atoms with Gasteiger partial charge >= 0.3 is 0 Å². The van der Waals surface area contributed by atoms with E-state index in [9.17, 15) is 9.59 Å². The fraction of sp³-hybridized carbons (Fsp3) is 0.333. The van der Waals surface area contributed by atoms with Crippen molar-refractivity contribution in [2.75, 3.05) is 6.54 Å². The molecule has 7 heteroatoms. The van der Waals surface area contributed by atoms with Crippen molar-refractivity contribution in [1.82, 2.24) is 20.2 Å². The van der Waals surface area contributed by atoms with Crippen molar-refractivity contribution < 1.29 is 9.59 Å². The number of fused-ring (bicyclic) bond motifs is 2. The predicted molar refractivity (Wildman–Crippen MR) is 109 cm³/mol. The van der Waals surface area contributed by atoms with Crippen LogP contribution in [-0.2, 0) is 17.8 Å². The van der Waals surface area contributed by atoms with E-state index in [4.69, 9.17) is 0 Å². The zero-order valence-corrected chi connectivity index (χ0v) is 16.5. The van der Waals surface area contributed by atoms with Gasteiger partial charge < -0.3 is 10.2 Å². The maximum atomic E-state index is 13.1. The maximum Gasteiger partial charge on any atom is 0.272 e. The van der Waals surface area contributed by atoms with Crippen molar-refractivity contribution in [2.45, 2.75) is 38.8 Å². The first kappa shape index (κ1) is 18.6. The molecule has 0 radical (unpaired) electrons. The van der Waals surface area contributed by atoms with E-state index in [1.165, 1.54) is 16.6 Å². The number of hydrogen-bond donors (Lipinski definition) is 1. The standard InChI is InChI=1S/C21H22N4O2S/c1-2-5-17(21(27)25-10-8-19-14(13-25)9-11-28-19)24-20(26)18-12-22-15-6-3-4-7-16(15)23-18/h3-4,6-7,9,11-12,17H,2,5,8,10,13H2,1H3,(H,24,26). The summed E-state index contributed by atoms with van der Waals surface area (Å²) in [6, 6.07) is 8.94. The van der Waals surface area contributed by atoms with Crippen molar-refractivity contribution in [1.29, 1.82) is 0 Å². The second-order valence-corrected chi connectivity index (χ2v) is 7.94. The molecule has 1 atom stereocenters. The van der Waals surface area contributed by atoms with Gasteiger partial charge in [0.05, 0.1) is 17.2 Å². The molecule has 0 saturated carbocycles. The lowest BCUT2D eigenvalue weighted by atomic mass is 10.1. The Morgan fingerprint density at radius 2 is 2.07 bits per heavy atom. The van der Waals surface area contributed by atoms with Gasteiger partial charge in [-0.15, -0.1) is 11.3 Å². The molecular formula is C21H22N4O2S. The van der Waals surface area contributed by atoms with Crippen LogP contribution in [-0.4, -0.2) is 39.3 Å². The highest BCUT2D eigenvalue weighted by Crippen LogP contribution is 2.24. The van der Waals surface area contributed by atoms with Gasteiger partial charge in [0.25, 0.3) is 5.91 Å². The van der Waals surface area contributed by atoms with Crippen LogP contribution in [0.5, 0.6) is 0 Å². The third kappa shape index (κ3) is 3.75. The van der Waals surface area contributed by atoms with E-state index < -0.39 is 6.04 Å². The quantitative estimate of drug-likeness (QED) is 0.721. The number of carbonyl (C=O) groups excluding carboxylic acids is 2. The maximum absolute atomic E-state index is 13.1. The Hall–Kier alpha value is -2.80. The van der Waals surface area contributed by atoms with Crippen LogP contribution in [0.2, 0.25) is 0 Å². The highest BCUT2D eigenvalue weighted by Gasteiger charge is 2.29. The molecule has 1 aliphatic heterocycles. The zero-order valence-electron chi connectivity index (χ0n) is 15.7. The Kier molecular flexibility index (Phi) is 5.34. The topological polar surface area (TPSA) is 75.2 Å². The Morgan fingerprint density at radius 3 is 2.89 bits per heavy atom. The number of nitrogens with zero attached hydrogens (tertiary/aromatic N) is 3. The van der Waals surface area contributed by atoms with Crippen LogP contribution >= 0.6 is 11.3 Å². The molecule has 0 fully saturated rings. The van der Waals surface area contributed by atoms with E-state index in [0.717, 1.165) is 18.4 Å². The van der Waals surface area contributed by atoms with Gasteiger partial charge in [-0.2, -0.15) is 0 Å². The summed E-state index contributed by atoms with van der Waals surface area (Å²) in [7, 11) is 0. The molecule has 0 spiro atoms. The monoisotopic (exact) mass is 394 g/mol. The van der Waals surface area contributed by atoms with E-state index in [1.54, 1.807) is 11.3 Å². The number of benzene rings is 1. The molecule has 1 aromatic carbocycles. The summed E-state index contributed by atoms with van der Waals surface area (Å²) < 4.78 is 0. The molecule has 2 aromatic heterocycles. The number of aromatic nitrogens is 2. The molecule has 0 bridgehead atoms. The molecule has 3 aromatic rings. The molecule has 0 saturated heterocycles. The van der Waals surface area contributed by atoms with Gasteiger partial charge in [-0.25, -0.2) is 4.98 Å². The molecule has 3 heterocycles. The first-order valence-corrected chi connectivity index (χ1v) is 10.4. The van der Waals surface area contributed by atoms with Crippen LogP contribution in [0.1, 0.15) is 40.7 Å². The lowest BCUT2D eigenvalue weighted by Gasteiger charge is -2.30. The van der Waals surface area contributed by atoms with Gasteiger partial charge in [0.2, 0.25) is 5.91 Å². The molecule has 28 heavy (non-hydrogen) atoms. The molecule has 1 unspecified atom stereocenters. The van der Waals surface area contributed by atoms with Crippen LogP contribution in [0.4, 0.5) is 0 Å². The van der Waals surface area contributed by atoms with E-state index in [0.29, 0.717) is 25.0 Å². The van der Waals surface area contributed by atoms with Crippen molar-refractivity contribution in [2.24, 2.45) is 0 Å². The Morgan fingerprint density at radius 1 is 1.25 bits per heavy atom. The smallest absolute Gasteiger partial charge is 0.272 e. The molecule has 144 valence electrons. The molecule has 1 aliphatic rings. The third-order valence-corrected chi connectivity index (χ3v) is 6.00. The fourth-order valence-electron chi connectivity index (χ4n) is 3.50. The summed E-state index contributed by atoms with van der Waals surface area (Å²) >= 11 is 1.74. The van der Waals surface area contributed by atoms with Crippen molar-refractivity contribution in [3.8, 4) is 0 Å². The summed E-state index contributed by atoms with van der Waals surface area (Å²) in [6.45, 7) is 3.32. The number of nitrogens with one attached hydrogen (secondary N) is 1. The van der Waals surface area contributed by atoms with E-state index in [2.05, 4.69) is 26.7 Å². The van der Waals surface area contributed by atoms with Crippen LogP contribution in [0.15, 0.2) is 41.9 Å². The summed E-state index contributed by atoms with van der Waals surface area (Å²) in [5.74, 6) is -0.390. The summed E-state index contributed by atoms with van der Waals surface area (Å²) in [5.41, 5.74) is 2.84. The number of amides is 2. The van der Waals surface area contributed by atoms with Gasteiger partial charge in [0.15, 0.2) is 0 Å². The Balaban J connectivity index is 1.49. The number of carbonyl (C=O) groups is 2. The number of para-hydroxylation sites is 2. The fourth-order valence-corrected chi connectivity index (χ4v) is 4.39. The molecule has 4 rings (SSSR count). The zero-order chi connectivity index (χ0) is 19.5. The number of thiophene rings is 1. The number of rotatable bonds is 5. The molecule has 2 amide bonds. The number of hydrogen-bond acceptors (Lipinski definition) is 5. The average Bonchev–Trinajstić information content (AvgIpc) is 3.20. The van der Waals surface area contributed by atoms with Gasteiger partial charge in [-0.3, -0.25) is 14.6 Å². The predicted octanol–water partition coefficient (Wildman–Crippen LogP) is 3.17. The van der Waals surface area contributed by atoms with E-state index >= 15 is 0 Å². The van der Waals surface area contributed by atoms with E-state index in [-0.39, 0.29) is 17.5 Å². The minimum Gasteiger partial charge on any atom is -0.339 e.